The van der Waals surface area contributed by atoms with Gasteiger partial charge in [-0.3, -0.25) is 9.59 Å². The van der Waals surface area contributed by atoms with Gasteiger partial charge >= 0.3 is 5.97 Å². The molecule has 1 amide bonds. The van der Waals surface area contributed by atoms with Crippen LogP contribution in [0.1, 0.15) is 72.3 Å². The third-order valence-corrected chi connectivity index (χ3v) is 6.88. The lowest BCUT2D eigenvalue weighted by Crippen LogP contribution is -2.25. The van der Waals surface area contributed by atoms with Crippen LogP contribution in [0.2, 0.25) is 0 Å². The normalized spacial score (nSPS) is 12.3. The van der Waals surface area contributed by atoms with Crippen LogP contribution in [0.3, 0.4) is 0 Å². The molecule has 0 fully saturated rings. The third-order valence-electron chi connectivity index (χ3n) is 5.70. The minimum absolute atomic E-state index is 0.0965. The van der Waals surface area contributed by atoms with Crippen molar-refractivity contribution in [2.45, 2.75) is 59.0 Å². The van der Waals surface area contributed by atoms with Crippen molar-refractivity contribution >= 4 is 23.2 Å². The number of nitrogens with one attached hydrogen (secondary N) is 1. The fourth-order valence-corrected chi connectivity index (χ4v) is 4.75. The summed E-state index contributed by atoms with van der Waals surface area (Å²) >= 11 is 1.37. The summed E-state index contributed by atoms with van der Waals surface area (Å²) in [6, 6.07) is 18.6. The van der Waals surface area contributed by atoms with E-state index in [0.29, 0.717) is 4.88 Å². The summed E-state index contributed by atoms with van der Waals surface area (Å²) in [4.78, 5) is 24.4. The van der Waals surface area contributed by atoms with E-state index < -0.39 is 5.97 Å². The zero-order chi connectivity index (χ0) is 24.9. The molecule has 3 rings (SSSR count). The fraction of sp³-hybridized carbons (Fsp3) is 0.357. The number of amides is 1. The van der Waals surface area contributed by atoms with E-state index in [0.717, 1.165) is 22.6 Å². The van der Waals surface area contributed by atoms with E-state index in [-0.39, 0.29) is 30.4 Å². The van der Waals surface area contributed by atoms with Gasteiger partial charge in [-0.1, -0.05) is 58.0 Å². The van der Waals surface area contributed by atoms with E-state index in [2.05, 4.69) is 76.3 Å². The van der Waals surface area contributed by atoms with Crippen molar-refractivity contribution in [3.63, 3.8) is 0 Å². The number of aryl methyl sites for hydroxylation is 1. The Morgan fingerprint density at radius 1 is 1.06 bits per heavy atom. The van der Waals surface area contributed by atoms with Gasteiger partial charge in [0.15, 0.2) is 0 Å². The first-order valence-corrected chi connectivity index (χ1v) is 12.4. The van der Waals surface area contributed by atoms with Gasteiger partial charge in [0.25, 0.3) is 5.91 Å². The average Bonchev–Trinajstić information content (AvgIpc) is 3.27. The fourth-order valence-electron chi connectivity index (χ4n) is 3.71. The maximum absolute atomic E-state index is 12.3. The van der Waals surface area contributed by atoms with Crippen LogP contribution in [0.15, 0.2) is 54.6 Å². The van der Waals surface area contributed by atoms with Gasteiger partial charge in [-0.05, 0) is 65.3 Å². The second-order valence-electron chi connectivity index (χ2n) is 9.42. The number of benzene rings is 2. The molecule has 1 heterocycles. The average molecular weight is 480 g/mol. The smallest absolute Gasteiger partial charge is 0.305 e. The summed E-state index contributed by atoms with van der Waals surface area (Å²) in [5.41, 5.74) is 4.94. The molecule has 0 radical (unpaired) electrons. The Morgan fingerprint density at radius 3 is 2.35 bits per heavy atom. The maximum atomic E-state index is 12.3. The van der Waals surface area contributed by atoms with Gasteiger partial charge in [-0.25, -0.2) is 0 Å². The largest absolute Gasteiger partial charge is 0.485 e. The van der Waals surface area contributed by atoms with Gasteiger partial charge < -0.3 is 15.2 Å². The predicted octanol–water partition coefficient (Wildman–Crippen LogP) is 6.76. The van der Waals surface area contributed by atoms with Gasteiger partial charge in [0.05, 0.1) is 11.3 Å². The number of hydrogen-bond acceptors (Lipinski definition) is 4. The van der Waals surface area contributed by atoms with Crippen LogP contribution in [0.5, 0.6) is 5.75 Å². The molecule has 3 aromatic rings. The molecule has 34 heavy (non-hydrogen) atoms. The second kappa shape index (κ2) is 10.9. The molecule has 0 aliphatic rings. The molecule has 0 aliphatic heterocycles. The number of carboxylic acids is 1. The highest BCUT2D eigenvalue weighted by Crippen LogP contribution is 2.33. The van der Waals surface area contributed by atoms with Crippen molar-refractivity contribution < 1.29 is 19.4 Å². The second-order valence-corrected chi connectivity index (χ2v) is 10.5. The minimum atomic E-state index is -0.935. The van der Waals surface area contributed by atoms with E-state index in [1.165, 1.54) is 28.0 Å². The van der Waals surface area contributed by atoms with Crippen LogP contribution in [0.4, 0.5) is 0 Å². The van der Waals surface area contributed by atoms with Crippen molar-refractivity contribution in [3.8, 4) is 16.9 Å². The predicted molar refractivity (Wildman–Crippen MR) is 138 cm³/mol. The Hall–Kier alpha value is -3.12. The summed E-state index contributed by atoms with van der Waals surface area (Å²) in [6.45, 7) is 10.9. The third kappa shape index (κ3) is 6.48. The summed E-state index contributed by atoms with van der Waals surface area (Å²) in [7, 11) is 0. The van der Waals surface area contributed by atoms with Crippen molar-refractivity contribution in [2.24, 2.45) is 0 Å². The number of carbonyl (C=O) groups excluding carboxylic acids is 1. The van der Waals surface area contributed by atoms with E-state index in [4.69, 9.17) is 9.84 Å². The molecule has 5 nitrogen and oxygen atoms in total. The molecule has 0 saturated carbocycles. The lowest BCUT2D eigenvalue weighted by Gasteiger charge is -2.20. The highest BCUT2D eigenvalue weighted by Gasteiger charge is 2.18. The van der Waals surface area contributed by atoms with Gasteiger partial charge in [-0.2, -0.15) is 0 Å². The van der Waals surface area contributed by atoms with E-state index in [1.54, 1.807) is 6.07 Å². The highest BCUT2D eigenvalue weighted by atomic mass is 32.1. The standard InChI is InChI=1S/C28H33NO4S/c1-6-23(24-13-14-25(34-24)27(32)29-16-15-26(30)31)33-21-11-12-22(18(2)17-21)19-7-9-20(10-8-19)28(3,4)5/h7-14,17,23H,6,15-16H2,1-5H3,(H,29,32)(H,30,31). The SMILES string of the molecule is CCC(Oc1ccc(-c2ccc(C(C)(C)C)cc2)c(C)c1)c1ccc(C(=O)NCCC(=O)O)s1. The van der Waals surface area contributed by atoms with Crippen LogP contribution in [0, 0.1) is 6.92 Å². The monoisotopic (exact) mass is 479 g/mol. The van der Waals surface area contributed by atoms with Crippen molar-refractivity contribution in [2.75, 3.05) is 6.54 Å². The first-order valence-electron chi connectivity index (χ1n) is 11.6. The zero-order valence-electron chi connectivity index (χ0n) is 20.5. The Balaban J connectivity index is 1.70. The molecule has 2 aromatic carbocycles. The molecule has 1 unspecified atom stereocenters. The van der Waals surface area contributed by atoms with Crippen molar-refractivity contribution in [1.82, 2.24) is 5.32 Å². The number of hydrogen-bond donors (Lipinski definition) is 2. The van der Waals surface area contributed by atoms with Crippen LogP contribution in [-0.4, -0.2) is 23.5 Å². The summed E-state index contributed by atoms with van der Waals surface area (Å²) in [5, 5.41) is 11.4. The molecular formula is C28H33NO4S. The molecule has 2 N–H and O–H groups in total. The van der Waals surface area contributed by atoms with Gasteiger partial charge in [-0.15, -0.1) is 11.3 Å². The molecular weight excluding hydrogens is 446 g/mol. The summed E-state index contributed by atoms with van der Waals surface area (Å²) < 4.78 is 6.29. The Labute approximate surface area is 205 Å². The first-order chi connectivity index (χ1) is 16.1. The summed E-state index contributed by atoms with van der Waals surface area (Å²) in [6.07, 6.45) is 0.498. The molecule has 0 aliphatic carbocycles. The molecule has 1 atom stereocenters. The van der Waals surface area contributed by atoms with Crippen LogP contribution >= 0.6 is 11.3 Å². The summed E-state index contributed by atoms with van der Waals surface area (Å²) in [5.74, 6) is -0.403. The number of rotatable bonds is 9. The zero-order valence-corrected chi connectivity index (χ0v) is 21.3. The number of aliphatic carboxylic acids is 1. The van der Waals surface area contributed by atoms with Crippen LogP contribution < -0.4 is 10.1 Å². The lowest BCUT2D eigenvalue weighted by atomic mass is 9.86. The Kier molecular flexibility index (Phi) is 8.15. The lowest BCUT2D eigenvalue weighted by molar-refractivity contribution is -0.136. The maximum Gasteiger partial charge on any atom is 0.305 e. The van der Waals surface area contributed by atoms with Gasteiger partial charge in [0.1, 0.15) is 11.9 Å². The van der Waals surface area contributed by atoms with E-state index >= 15 is 0 Å². The number of carbonyl (C=O) groups is 2. The number of thiophene rings is 1. The highest BCUT2D eigenvalue weighted by molar-refractivity contribution is 7.14. The molecule has 1 aromatic heterocycles. The van der Waals surface area contributed by atoms with Crippen molar-refractivity contribution in [1.29, 1.82) is 0 Å². The Morgan fingerprint density at radius 2 is 1.76 bits per heavy atom. The van der Waals surface area contributed by atoms with Crippen LogP contribution in [-0.2, 0) is 10.2 Å². The molecule has 180 valence electrons. The number of carboxylic acid groups (broad SMARTS) is 1. The van der Waals surface area contributed by atoms with E-state index in [9.17, 15) is 9.59 Å². The number of ether oxygens (including phenoxy) is 1. The molecule has 0 spiro atoms. The van der Waals surface area contributed by atoms with Gasteiger partial charge in [0.2, 0.25) is 0 Å². The van der Waals surface area contributed by atoms with E-state index in [1.807, 2.05) is 12.1 Å². The minimum Gasteiger partial charge on any atom is -0.485 e. The quantitative estimate of drug-likeness (QED) is 0.356. The van der Waals surface area contributed by atoms with Crippen molar-refractivity contribution in [3.05, 3.63) is 75.5 Å². The first kappa shape index (κ1) is 25.5. The Bertz CT molecular complexity index is 1140. The molecule has 0 saturated heterocycles. The molecule has 6 heteroatoms. The van der Waals surface area contributed by atoms with Gasteiger partial charge in [0, 0.05) is 11.4 Å². The molecule has 0 bridgehead atoms. The van der Waals surface area contributed by atoms with Crippen LogP contribution in [0.25, 0.3) is 11.1 Å². The topological polar surface area (TPSA) is 75.6 Å².